The molecule has 2 N–H and O–H groups in total. The number of imidazole rings is 1. The Morgan fingerprint density at radius 1 is 1.06 bits per heavy atom. The number of fused-ring (bicyclic) bond motifs is 1. The fourth-order valence-electron chi connectivity index (χ4n) is 4.24. The van der Waals surface area contributed by atoms with Gasteiger partial charge in [0, 0.05) is 24.6 Å². The maximum atomic E-state index is 12.6. The molecule has 1 aromatic heterocycles. The number of hydrogen-bond acceptors (Lipinski definition) is 3. The number of aryl methyl sites for hydroxylation is 2. The summed E-state index contributed by atoms with van der Waals surface area (Å²) < 4.78 is 2.02. The number of para-hydroxylation sites is 2. The van der Waals surface area contributed by atoms with E-state index in [1.165, 1.54) is 12.8 Å². The standard InChI is InChI=1S/C25H30N4O2/c1-18-12-14-19(15-13-18)25(31)26-16-6-11-23-28-21-9-4-5-10-22(21)29(23)17-24(30)27-20-7-2-3-8-20/h4-5,9-10,12-15,20H,2-3,6-8,11,16-17H2,1H3,(H,26,31)(H,27,30). The van der Waals surface area contributed by atoms with Gasteiger partial charge in [-0.1, -0.05) is 42.7 Å². The number of hydrogen-bond donors (Lipinski definition) is 2. The van der Waals surface area contributed by atoms with E-state index in [2.05, 4.69) is 10.6 Å². The van der Waals surface area contributed by atoms with Crippen LogP contribution in [0.25, 0.3) is 11.0 Å². The highest BCUT2D eigenvalue weighted by Crippen LogP contribution is 2.19. The van der Waals surface area contributed by atoms with Crippen molar-refractivity contribution in [3.63, 3.8) is 0 Å². The van der Waals surface area contributed by atoms with Crippen molar-refractivity contribution in [2.24, 2.45) is 0 Å². The summed E-state index contributed by atoms with van der Waals surface area (Å²) in [5, 5.41) is 6.14. The van der Waals surface area contributed by atoms with Crippen LogP contribution in [0.2, 0.25) is 0 Å². The molecule has 0 spiro atoms. The van der Waals surface area contributed by atoms with Crippen molar-refractivity contribution in [3.8, 4) is 0 Å². The normalized spacial score (nSPS) is 14.1. The maximum absolute atomic E-state index is 12.6. The number of nitrogens with zero attached hydrogens (tertiary/aromatic N) is 2. The van der Waals surface area contributed by atoms with Crippen LogP contribution in [0.15, 0.2) is 48.5 Å². The molecule has 0 saturated heterocycles. The number of carbonyl (C=O) groups excluding carboxylic acids is 2. The molecule has 2 aromatic carbocycles. The summed E-state index contributed by atoms with van der Waals surface area (Å²) in [6.45, 7) is 2.84. The number of aromatic nitrogens is 2. The van der Waals surface area contributed by atoms with Crippen molar-refractivity contribution >= 4 is 22.8 Å². The summed E-state index contributed by atoms with van der Waals surface area (Å²) in [5.74, 6) is 0.862. The summed E-state index contributed by atoms with van der Waals surface area (Å²) in [6, 6.07) is 15.8. The van der Waals surface area contributed by atoms with Crippen LogP contribution in [-0.2, 0) is 17.8 Å². The van der Waals surface area contributed by atoms with Gasteiger partial charge in [0.2, 0.25) is 5.91 Å². The second-order valence-corrected chi connectivity index (χ2v) is 8.38. The summed E-state index contributed by atoms with van der Waals surface area (Å²) in [7, 11) is 0. The Balaban J connectivity index is 1.37. The molecule has 162 valence electrons. The first kappa shape index (κ1) is 21.1. The summed E-state index contributed by atoms with van der Waals surface area (Å²) in [4.78, 5) is 29.7. The summed E-state index contributed by atoms with van der Waals surface area (Å²) in [5.41, 5.74) is 3.67. The monoisotopic (exact) mass is 418 g/mol. The van der Waals surface area contributed by atoms with E-state index >= 15 is 0 Å². The zero-order valence-electron chi connectivity index (χ0n) is 18.1. The molecule has 0 atom stereocenters. The number of nitrogens with one attached hydrogen (secondary N) is 2. The van der Waals surface area contributed by atoms with Crippen LogP contribution in [-0.4, -0.2) is 34.0 Å². The Morgan fingerprint density at radius 2 is 1.81 bits per heavy atom. The maximum Gasteiger partial charge on any atom is 0.251 e. The van der Waals surface area contributed by atoms with Gasteiger partial charge in [-0.2, -0.15) is 0 Å². The lowest BCUT2D eigenvalue weighted by Crippen LogP contribution is -2.35. The zero-order valence-corrected chi connectivity index (χ0v) is 18.1. The third-order valence-electron chi connectivity index (χ3n) is 5.93. The van der Waals surface area contributed by atoms with Crippen molar-refractivity contribution in [1.29, 1.82) is 0 Å². The van der Waals surface area contributed by atoms with Gasteiger partial charge in [0.15, 0.2) is 0 Å². The highest BCUT2D eigenvalue weighted by Gasteiger charge is 2.19. The average Bonchev–Trinajstić information content (AvgIpc) is 3.40. The molecule has 3 aromatic rings. The van der Waals surface area contributed by atoms with Gasteiger partial charge in [-0.25, -0.2) is 4.98 Å². The van der Waals surface area contributed by atoms with Crippen LogP contribution < -0.4 is 10.6 Å². The van der Waals surface area contributed by atoms with Gasteiger partial charge in [0.05, 0.1) is 11.0 Å². The lowest BCUT2D eigenvalue weighted by Gasteiger charge is -2.14. The topological polar surface area (TPSA) is 76.0 Å². The number of amides is 2. The molecule has 0 unspecified atom stereocenters. The van der Waals surface area contributed by atoms with Crippen molar-refractivity contribution in [2.45, 2.75) is 58.0 Å². The fourth-order valence-corrected chi connectivity index (χ4v) is 4.24. The van der Waals surface area contributed by atoms with Gasteiger partial charge in [0.1, 0.15) is 12.4 Å². The number of benzene rings is 2. The highest BCUT2D eigenvalue weighted by atomic mass is 16.2. The average molecular weight is 419 g/mol. The zero-order chi connectivity index (χ0) is 21.6. The van der Waals surface area contributed by atoms with Crippen molar-refractivity contribution in [3.05, 3.63) is 65.5 Å². The molecule has 1 aliphatic carbocycles. The van der Waals surface area contributed by atoms with Gasteiger partial charge in [-0.15, -0.1) is 0 Å². The molecule has 31 heavy (non-hydrogen) atoms. The highest BCUT2D eigenvalue weighted by molar-refractivity contribution is 5.94. The predicted octanol–water partition coefficient (Wildman–Crippen LogP) is 3.77. The fraction of sp³-hybridized carbons (Fsp3) is 0.400. The third kappa shape index (κ3) is 5.32. The van der Waals surface area contributed by atoms with Crippen LogP contribution in [0.5, 0.6) is 0 Å². The molecule has 4 rings (SSSR count). The smallest absolute Gasteiger partial charge is 0.251 e. The van der Waals surface area contributed by atoms with Crippen molar-refractivity contribution in [2.75, 3.05) is 6.54 Å². The molecule has 6 heteroatoms. The first-order valence-corrected chi connectivity index (χ1v) is 11.2. The Bertz CT molecular complexity index is 1050. The van der Waals surface area contributed by atoms with E-state index in [4.69, 9.17) is 4.98 Å². The Morgan fingerprint density at radius 3 is 2.58 bits per heavy atom. The van der Waals surface area contributed by atoms with Crippen molar-refractivity contribution in [1.82, 2.24) is 20.2 Å². The Hall–Kier alpha value is -3.15. The predicted molar refractivity (Wildman–Crippen MR) is 122 cm³/mol. The SMILES string of the molecule is Cc1ccc(C(=O)NCCCc2nc3ccccc3n2CC(=O)NC2CCCC2)cc1. The van der Waals surface area contributed by atoms with Gasteiger partial charge in [-0.3, -0.25) is 9.59 Å². The number of carbonyl (C=O) groups is 2. The largest absolute Gasteiger partial charge is 0.352 e. The third-order valence-corrected chi connectivity index (χ3v) is 5.93. The minimum atomic E-state index is -0.0653. The molecule has 1 aliphatic rings. The summed E-state index contributed by atoms with van der Waals surface area (Å²) >= 11 is 0. The minimum Gasteiger partial charge on any atom is -0.352 e. The van der Waals surface area contributed by atoms with E-state index in [-0.39, 0.29) is 18.4 Å². The molecular formula is C25H30N4O2. The molecule has 0 aliphatic heterocycles. The van der Waals surface area contributed by atoms with E-state index in [0.29, 0.717) is 24.6 Å². The number of rotatable bonds is 8. The van der Waals surface area contributed by atoms with Crippen LogP contribution in [0, 0.1) is 6.92 Å². The molecular weight excluding hydrogens is 388 g/mol. The molecule has 6 nitrogen and oxygen atoms in total. The lowest BCUT2D eigenvalue weighted by molar-refractivity contribution is -0.122. The molecule has 1 heterocycles. The quantitative estimate of drug-likeness (QED) is 0.547. The van der Waals surface area contributed by atoms with E-state index in [0.717, 1.165) is 41.7 Å². The van der Waals surface area contributed by atoms with Gasteiger partial charge in [-0.05, 0) is 50.5 Å². The van der Waals surface area contributed by atoms with Crippen LogP contribution in [0.4, 0.5) is 0 Å². The molecule has 0 radical (unpaired) electrons. The molecule has 0 bridgehead atoms. The Labute approximate surface area is 183 Å². The first-order valence-electron chi connectivity index (χ1n) is 11.2. The van der Waals surface area contributed by atoms with E-state index in [9.17, 15) is 9.59 Å². The molecule has 1 saturated carbocycles. The van der Waals surface area contributed by atoms with Crippen LogP contribution >= 0.6 is 0 Å². The van der Waals surface area contributed by atoms with Gasteiger partial charge in [0.25, 0.3) is 5.91 Å². The van der Waals surface area contributed by atoms with Crippen LogP contribution in [0.3, 0.4) is 0 Å². The van der Waals surface area contributed by atoms with E-state index in [1.54, 1.807) is 0 Å². The first-order chi connectivity index (χ1) is 15.1. The lowest BCUT2D eigenvalue weighted by atomic mass is 10.1. The Kier molecular flexibility index (Phi) is 6.65. The summed E-state index contributed by atoms with van der Waals surface area (Å²) in [6.07, 6.45) is 5.98. The molecule has 1 fully saturated rings. The second-order valence-electron chi connectivity index (χ2n) is 8.38. The molecule has 2 amide bonds. The van der Waals surface area contributed by atoms with E-state index < -0.39 is 0 Å². The second kappa shape index (κ2) is 9.77. The van der Waals surface area contributed by atoms with Crippen LogP contribution in [0.1, 0.15) is 53.8 Å². The minimum absolute atomic E-state index is 0.0453. The van der Waals surface area contributed by atoms with Gasteiger partial charge >= 0.3 is 0 Å². The van der Waals surface area contributed by atoms with E-state index in [1.807, 2.05) is 60.0 Å². The van der Waals surface area contributed by atoms with Crippen molar-refractivity contribution < 1.29 is 9.59 Å². The van der Waals surface area contributed by atoms with Gasteiger partial charge < -0.3 is 15.2 Å².